The van der Waals surface area contributed by atoms with Crippen molar-refractivity contribution in [1.82, 2.24) is 4.31 Å². The Morgan fingerprint density at radius 2 is 1.92 bits per heavy atom. The van der Waals surface area contributed by atoms with Gasteiger partial charge in [-0.05, 0) is 31.0 Å². The molecule has 24 heavy (non-hydrogen) atoms. The van der Waals surface area contributed by atoms with Gasteiger partial charge in [0.1, 0.15) is 0 Å². The molecule has 1 amide bonds. The Balaban J connectivity index is 1.90. The SMILES string of the molecule is COC(=O)c1cccc(NC(=O)CCS(=O)(=O)N2CCCCC2)c1. The first kappa shape index (κ1) is 18.4. The summed E-state index contributed by atoms with van der Waals surface area (Å²) in [7, 11) is -2.12. The van der Waals surface area contributed by atoms with Crippen LogP contribution in [-0.4, -0.2) is 50.6 Å². The number of nitrogens with one attached hydrogen (secondary N) is 1. The second-order valence-electron chi connectivity index (χ2n) is 5.65. The third-order valence-corrected chi connectivity index (χ3v) is 5.73. The molecule has 2 rings (SSSR count). The van der Waals surface area contributed by atoms with Gasteiger partial charge in [-0.25, -0.2) is 17.5 Å². The minimum atomic E-state index is -3.40. The van der Waals surface area contributed by atoms with Crippen LogP contribution in [0.25, 0.3) is 0 Å². The molecular formula is C16H22N2O5S. The normalized spacial score (nSPS) is 15.7. The molecule has 0 aliphatic carbocycles. The highest BCUT2D eigenvalue weighted by Crippen LogP contribution is 2.15. The van der Waals surface area contributed by atoms with E-state index in [0.29, 0.717) is 24.3 Å². The Kier molecular flexibility index (Phi) is 6.33. The monoisotopic (exact) mass is 354 g/mol. The Hall–Kier alpha value is -1.93. The average Bonchev–Trinajstić information content (AvgIpc) is 2.60. The van der Waals surface area contributed by atoms with Crippen molar-refractivity contribution >= 4 is 27.6 Å². The Morgan fingerprint density at radius 1 is 1.21 bits per heavy atom. The first-order chi connectivity index (χ1) is 11.4. The zero-order valence-electron chi connectivity index (χ0n) is 13.7. The molecule has 0 atom stereocenters. The van der Waals surface area contributed by atoms with E-state index in [1.54, 1.807) is 18.2 Å². The first-order valence-corrected chi connectivity index (χ1v) is 9.49. The molecule has 0 radical (unpaired) electrons. The summed E-state index contributed by atoms with van der Waals surface area (Å²) in [5.74, 6) is -1.12. The molecular weight excluding hydrogens is 332 g/mol. The van der Waals surface area contributed by atoms with Gasteiger partial charge < -0.3 is 10.1 Å². The van der Waals surface area contributed by atoms with Crippen LogP contribution in [-0.2, 0) is 19.6 Å². The number of ether oxygens (including phenoxy) is 1. The highest BCUT2D eigenvalue weighted by atomic mass is 32.2. The summed E-state index contributed by atoms with van der Waals surface area (Å²) in [6.07, 6.45) is 2.65. The molecule has 0 bridgehead atoms. The molecule has 1 heterocycles. The molecule has 1 fully saturated rings. The summed E-state index contributed by atoms with van der Waals surface area (Å²) in [4.78, 5) is 23.4. The molecule has 0 spiro atoms. The zero-order chi connectivity index (χ0) is 17.6. The topological polar surface area (TPSA) is 92.8 Å². The van der Waals surface area contributed by atoms with Gasteiger partial charge in [0.2, 0.25) is 15.9 Å². The lowest BCUT2D eigenvalue weighted by Crippen LogP contribution is -2.37. The van der Waals surface area contributed by atoms with Gasteiger partial charge in [-0.3, -0.25) is 4.79 Å². The second-order valence-corrected chi connectivity index (χ2v) is 7.73. The van der Waals surface area contributed by atoms with Gasteiger partial charge >= 0.3 is 5.97 Å². The van der Waals surface area contributed by atoms with Crippen LogP contribution >= 0.6 is 0 Å². The molecule has 7 nitrogen and oxygen atoms in total. The molecule has 1 aromatic carbocycles. The van der Waals surface area contributed by atoms with E-state index in [4.69, 9.17) is 0 Å². The quantitative estimate of drug-likeness (QED) is 0.784. The van der Waals surface area contributed by atoms with Crippen molar-refractivity contribution in [3.05, 3.63) is 29.8 Å². The van der Waals surface area contributed by atoms with E-state index in [0.717, 1.165) is 19.3 Å². The lowest BCUT2D eigenvalue weighted by atomic mass is 10.2. The second kappa shape index (κ2) is 8.25. The fourth-order valence-electron chi connectivity index (χ4n) is 2.56. The van der Waals surface area contributed by atoms with Crippen LogP contribution in [0.3, 0.4) is 0 Å². The third kappa shape index (κ3) is 5.04. The van der Waals surface area contributed by atoms with Crippen LogP contribution in [0, 0.1) is 0 Å². The number of hydrogen-bond donors (Lipinski definition) is 1. The maximum Gasteiger partial charge on any atom is 0.337 e. The molecule has 1 saturated heterocycles. The Bertz CT molecular complexity index is 696. The van der Waals surface area contributed by atoms with Crippen molar-refractivity contribution in [2.24, 2.45) is 0 Å². The summed E-state index contributed by atoms with van der Waals surface area (Å²) >= 11 is 0. The van der Waals surface area contributed by atoms with Crippen molar-refractivity contribution in [2.75, 3.05) is 31.3 Å². The van der Waals surface area contributed by atoms with Gasteiger partial charge in [0.25, 0.3) is 0 Å². The predicted octanol–water partition coefficient (Wildman–Crippen LogP) is 1.62. The Morgan fingerprint density at radius 3 is 2.58 bits per heavy atom. The number of benzene rings is 1. The molecule has 0 aromatic heterocycles. The van der Waals surface area contributed by atoms with Crippen molar-refractivity contribution in [2.45, 2.75) is 25.7 Å². The number of anilines is 1. The largest absolute Gasteiger partial charge is 0.465 e. The zero-order valence-corrected chi connectivity index (χ0v) is 14.5. The highest BCUT2D eigenvalue weighted by Gasteiger charge is 2.24. The third-order valence-electron chi connectivity index (χ3n) is 3.86. The van der Waals surface area contributed by atoms with Gasteiger partial charge in [0, 0.05) is 25.2 Å². The molecule has 1 aliphatic heterocycles. The van der Waals surface area contributed by atoms with Crippen LogP contribution in [0.5, 0.6) is 0 Å². The number of carbonyl (C=O) groups excluding carboxylic acids is 2. The van der Waals surface area contributed by atoms with Crippen molar-refractivity contribution < 1.29 is 22.7 Å². The fraction of sp³-hybridized carbons (Fsp3) is 0.500. The number of carbonyl (C=O) groups is 2. The molecule has 132 valence electrons. The summed E-state index contributed by atoms with van der Waals surface area (Å²) in [5.41, 5.74) is 0.745. The molecule has 1 N–H and O–H groups in total. The number of esters is 1. The molecule has 1 aromatic rings. The van der Waals surface area contributed by atoms with Crippen molar-refractivity contribution in [3.63, 3.8) is 0 Å². The smallest absolute Gasteiger partial charge is 0.337 e. The minimum Gasteiger partial charge on any atom is -0.465 e. The van der Waals surface area contributed by atoms with Crippen LogP contribution in [0.15, 0.2) is 24.3 Å². The van der Waals surface area contributed by atoms with E-state index in [1.807, 2.05) is 0 Å². The number of hydrogen-bond acceptors (Lipinski definition) is 5. The molecule has 8 heteroatoms. The summed E-state index contributed by atoms with van der Waals surface area (Å²) < 4.78 is 30.5. The van der Waals surface area contributed by atoms with E-state index in [-0.39, 0.29) is 12.2 Å². The van der Waals surface area contributed by atoms with Crippen molar-refractivity contribution in [3.8, 4) is 0 Å². The van der Waals surface area contributed by atoms with E-state index >= 15 is 0 Å². The summed E-state index contributed by atoms with van der Waals surface area (Å²) in [5, 5.41) is 2.61. The van der Waals surface area contributed by atoms with Crippen LogP contribution in [0.2, 0.25) is 0 Å². The number of amides is 1. The number of rotatable bonds is 6. The number of piperidine rings is 1. The average molecular weight is 354 g/mol. The van der Waals surface area contributed by atoms with E-state index in [1.165, 1.54) is 17.5 Å². The molecule has 0 saturated carbocycles. The van der Waals surface area contributed by atoms with Crippen molar-refractivity contribution in [1.29, 1.82) is 0 Å². The van der Waals surface area contributed by atoms with Gasteiger partial charge in [0.15, 0.2) is 0 Å². The fourth-order valence-corrected chi connectivity index (χ4v) is 4.08. The summed E-state index contributed by atoms with van der Waals surface area (Å²) in [6, 6.07) is 6.31. The maximum absolute atomic E-state index is 12.2. The number of methoxy groups -OCH3 is 1. The Labute approximate surface area is 142 Å². The van der Waals surface area contributed by atoms with Crippen LogP contribution < -0.4 is 5.32 Å². The van der Waals surface area contributed by atoms with Gasteiger partial charge in [-0.2, -0.15) is 0 Å². The molecule has 0 unspecified atom stereocenters. The van der Waals surface area contributed by atoms with E-state index in [9.17, 15) is 18.0 Å². The predicted molar refractivity (Wildman–Crippen MR) is 90.2 cm³/mol. The van der Waals surface area contributed by atoms with Crippen LogP contribution in [0.1, 0.15) is 36.0 Å². The van der Waals surface area contributed by atoms with Crippen LogP contribution in [0.4, 0.5) is 5.69 Å². The summed E-state index contributed by atoms with van der Waals surface area (Å²) in [6.45, 7) is 1.07. The number of sulfonamides is 1. The van der Waals surface area contributed by atoms with Gasteiger partial charge in [-0.15, -0.1) is 0 Å². The standard InChI is InChI=1S/C16H22N2O5S/c1-23-16(20)13-6-5-7-14(12-13)17-15(19)8-11-24(21,22)18-9-3-2-4-10-18/h5-7,12H,2-4,8-11H2,1H3,(H,17,19). The molecule has 1 aliphatic rings. The number of nitrogens with zero attached hydrogens (tertiary/aromatic N) is 1. The van der Waals surface area contributed by atoms with E-state index < -0.39 is 21.9 Å². The van der Waals surface area contributed by atoms with Gasteiger partial charge in [0.05, 0.1) is 18.4 Å². The minimum absolute atomic E-state index is 0.124. The lowest BCUT2D eigenvalue weighted by molar-refractivity contribution is -0.115. The van der Waals surface area contributed by atoms with E-state index in [2.05, 4.69) is 10.1 Å². The first-order valence-electron chi connectivity index (χ1n) is 7.88. The van der Waals surface area contributed by atoms with Gasteiger partial charge in [-0.1, -0.05) is 12.5 Å². The lowest BCUT2D eigenvalue weighted by Gasteiger charge is -2.25. The highest BCUT2D eigenvalue weighted by molar-refractivity contribution is 7.89. The maximum atomic E-state index is 12.2.